The van der Waals surface area contributed by atoms with E-state index in [4.69, 9.17) is 40.7 Å². The molecule has 0 bridgehead atoms. The second-order valence-electron chi connectivity index (χ2n) is 45.1. The van der Waals surface area contributed by atoms with Gasteiger partial charge in [0.05, 0.1) is 19.8 Å². The van der Waals surface area contributed by atoms with E-state index in [-0.39, 0.29) is 28.1 Å². The molecule has 0 heterocycles. The molecule has 0 saturated carbocycles. The first-order chi connectivity index (χ1) is 67.4. The van der Waals surface area contributed by atoms with Gasteiger partial charge < -0.3 is 36.2 Å². The van der Waals surface area contributed by atoms with Crippen LogP contribution >= 0.6 is 25.8 Å². The lowest BCUT2D eigenvalue weighted by Gasteiger charge is -2.33. The molecule has 6 rings (SSSR count). The van der Waals surface area contributed by atoms with Crippen LogP contribution in [0.25, 0.3) is 0 Å². The largest absolute Gasteiger partial charge is 0.530 e. The van der Waals surface area contributed by atoms with E-state index < -0.39 is 25.8 Å². The predicted molar refractivity (Wildman–Crippen MR) is 608 cm³/mol. The van der Waals surface area contributed by atoms with Crippen molar-refractivity contribution in [1.82, 2.24) is 0 Å². The molecular formula is C127H211O9P3. The smallest absolute Gasteiger partial charge is 0.426 e. The standard InChI is InChI=1S/C127H211O9P3/c1-20-26-32-38-44-47-50-53-56-59-65-71-77-92-128-137(129-93-78-72-66-60-57-54-51-48-45-39-33-27-21-2)134-122-97-107(9)116(103-120(122)126(14,15)16)118(117-104-121(127(17,18)19)123(98-108(117)10)135-138(130-94-79-73-67-61-58-55-52-49-46-40-34-28-22-3)131-112-89-80-86-109(99-112)83-74-68-62-41-35-29-23-4)95-105(7)115-102-119(125(11,12)13)124(96-106(115)8)136-139(132-113-90-81-87-110(100-113)84-75-69-63-42-36-30-24-5)133-114-91-82-88-111(101-114)85-76-70-64-43-37-31-25-6/h80-82,86-91,96-105,118H,20-79,83-85,92-95H2,1-19H3. The van der Waals surface area contributed by atoms with Crippen LogP contribution in [-0.4, -0.2) is 19.8 Å². The van der Waals surface area contributed by atoms with Crippen LogP contribution in [-0.2, 0) is 49.1 Å². The minimum atomic E-state index is -1.99. The third-order valence-corrected chi connectivity index (χ3v) is 32.0. The summed E-state index contributed by atoms with van der Waals surface area (Å²) >= 11 is 0. The van der Waals surface area contributed by atoms with E-state index in [1.807, 2.05) is 0 Å². The van der Waals surface area contributed by atoms with Crippen LogP contribution in [0, 0.1) is 20.8 Å². The number of aryl methyl sites for hydroxylation is 6. The van der Waals surface area contributed by atoms with E-state index in [1.165, 1.54) is 384 Å². The van der Waals surface area contributed by atoms with Crippen molar-refractivity contribution >= 4 is 25.8 Å². The van der Waals surface area contributed by atoms with Gasteiger partial charge in [0.25, 0.3) is 0 Å². The molecule has 3 atom stereocenters. The molecule has 6 aromatic rings. The summed E-state index contributed by atoms with van der Waals surface area (Å²) in [6.07, 6.45) is 81.6. The molecule has 0 N–H and O–H groups in total. The van der Waals surface area contributed by atoms with Crippen molar-refractivity contribution in [2.24, 2.45) is 0 Å². The maximum absolute atomic E-state index is 7.44. The Hall–Kier alpha value is -4.71. The molecule has 6 aromatic carbocycles. The van der Waals surface area contributed by atoms with Crippen LogP contribution in [0.15, 0.2) is 109 Å². The van der Waals surface area contributed by atoms with Crippen molar-refractivity contribution in [3.05, 3.63) is 176 Å². The summed E-state index contributed by atoms with van der Waals surface area (Å²) in [5.74, 6) is 4.81. The fourth-order valence-corrected chi connectivity index (χ4v) is 22.9. The van der Waals surface area contributed by atoms with Gasteiger partial charge in [0.2, 0.25) is 0 Å². The summed E-state index contributed by atoms with van der Waals surface area (Å²) in [5, 5.41) is 0. The summed E-state index contributed by atoms with van der Waals surface area (Å²) in [4.78, 5) is 0. The Bertz CT molecular complexity index is 3960. The van der Waals surface area contributed by atoms with Gasteiger partial charge in [-0.3, -0.25) is 4.52 Å². The van der Waals surface area contributed by atoms with E-state index in [2.05, 4.69) is 241 Å². The van der Waals surface area contributed by atoms with Gasteiger partial charge in [-0.1, -0.05) is 512 Å². The summed E-state index contributed by atoms with van der Waals surface area (Å²) in [5.41, 5.74) is 13.7. The maximum Gasteiger partial charge on any atom is 0.530 e. The summed E-state index contributed by atoms with van der Waals surface area (Å²) in [7, 11) is -5.55. The van der Waals surface area contributed by atoms with Crippen LogP contribution in [0.4, 0.5) is 0 Å². The molecule has 0 spiro atoms. The molecule has 0 saturated heterocycles. The average Bonchev–Trinajstić information content (AvgIpc) is 0.757. The maximum atomic E-state index is 7.44. The van der Waals surface area contributed by atoms with Crippen molar-refractivity contribution in [3.63, 3.8) is 0 Å². The first-order valence-electron chi connectivity index (χ1n) is 58.5. The van der Waals surface area contributed by atoms with Crippen LogP contribution in [0.3, 0.4) is 0 Å². The summed E-state index contributed by atoms with van der Waals surface area (Å²) in [6.45, 7) is 46.1. The molecule has 139 heavy (non-hydrogen) atoms. The highest BCUT2D eigenvalue weighted by atomic mass is 31.2. The first-order valence-corrected chi connectivity index (χ1v) is 61.8. The Morgan fingerprint density at radius 1 is 0.230 bits per heavy atom. The Morgan fingerprint density at radius 3 is 0.712 bits per heavy atom. The van der Waals surface area contributed by atoms with Gasteiger partial charge in [0, 0.05) is 22.6 Å². The van der Waals surface area contributed by atoms with Crippen LogP contribution in [0.2, 0.25) is 0 Å². The number of benzene rings is 6. The van der Waals surface area contributed by atoms with Crippen molar-refractivity contribution < 1.29 is 40.7 Å². The zero-order valence-electron chi connectivity index (χ0n) is 93.4. The number of hydrogen-bond donors (Lipinski definition) is 0. The number of hydrogen-bond acceptors (Lipinski definition) is 9. The van der Waals surface area contributed by atoms with Crippen molar-refractivity contribution in [3.8, 4) is 34.5 Å². The molecule has 788 valence electrons. The minimum Gasteiger partial charge on any atom is -0.426 e. The third kappa shape index (κ3) is 54.0. The average molecular weight is 1970 g/mol. The fourth-order valence-electron chi connectivity index (χ4n) is 19.9. The topological polar surface area (TPSA) is 83.1 Å². The lowest BCUT2D eigenvalue weighted by molar-refractivity contribution is 0.197. The molecule has 3 unspecified atom stereocenters. The highest BCUT2D eigenvalue weighted by Crippen LogP contribution is 2.53. The van der Waals surface area contributed by atoms with Gasteiger partial charge in [0.1, 0.15) is 34.5 Å². The molecule has 0 fully saturated rings. The lowest BCUT2D eigenvalue weighted by atomic mass is 9.74. The highest BCUT2D eigenvalue weighted by molar-refractivity contribution is 7.43. The van der Waals surface area contributed by atoms with E-state index in [0.717, 1.165) is 128 Å². The number of rotatable bonds is 86. The monoisotopic (exact) mass is 1970 g/mol. The van der Waals surface area contributed by atoms with Gasteiger partial charge in [0.15, 0.2) is 0 Å². The summed E-state index contributed by atoms with van der Waals surface area (Å²) < 4.78 is 64.3. The molecule has 0 aromatic heterocycles. The lowest BCUT2D eigenvalue weighted by Crippen LogP contribution is -2.19. The third-order valence-electron chi connectivity index (χ3n) is 28.7. The van der Waals surface area contributed by atoms with E-state index in [9.17, 15) is 0 Å². The normalized spacial score (nSPS) is 12.8. The SMILES string of the molecule is CCCCCCCCCCCCCCCOP(OCCCCCCCCCCCCCCC)Oc1cc(C)c(C(CC(C)c2cc(C(C)(C)C)c(OP(Oc3cccc(CCCCCCCCC)c3)Oc3cccc(CCCCCCCCC)c3)cc2C)c2cc(C(C)(C)C)c(OP(OCCCCCCCCCCCCCCC)Oc3cccc(CCCCCCCCC)c3)cc2C)cc1C(C)(C)C. The van der Waals surface area contributed by atoms with Crippen LogP contribution < -0.4 is 27.1 Å². The zero-order chi connectivity index (χ0) is 100. The fraction of sp³-hybridized carbons (Fsp3) is 0.717. The van der Waals surface area contributed by atoms with Gasteiger partial charge in [-0.15, -0.1) is 0 Å². The summed E-state index contributed by atoms with van der Waals surface area (Å²) in [6, 6.07) is 40.7. The molecule has 12 heteroatoms. The molecule has 0 aliphatic rings. The molecule has 0 amide bonds. The molecule has 0 aliphatic carbocycles. The van der Waals surface area contributed by atoms with Crippen LogP contribution in [0.1, 0.15) is 581 Å². The van der Waals surface area contributed by atoms with Crippen molar-refractivity contribution in [1.29, 1.82) is 0 Å². The van der Waals surface area contributed by atoms with Gasteiger partial charge in [-0.05, 0) is 212 Å². The predicted octanol–water partition coefficient (Wildman–Crippen LogP) is 44.1. The van der Waals surface area contributed by atoms with Gasteiger partial charge >= 0.3 is 25.8 Å². The molecular weight excluding hydrogens is 1760 g/mol. The molecule has 0 aliphatic heterocycles. The van der Waals surface area contributed by atoms with E-state index >= 15 is 0 Å². The number of unbranched alkanes of at least 4 members (excludes halogenated alkanes) is 54. The van der Waals surface area contributed by atoms with Gasteiger partial charge in [-0.25, -0.2) is 0 Å². The van der Waals surface area contributed by atoms with Crippen LogP contribution in [0.5, 0.6) is 34.5 Å². The highest BCUT2D eigenvalue weighted by Gasteiger charge is 2.35. The zero-order valence-corrected chi connectivity index (χ0v) is 96.1. The molecule has 0 radical (unpaired) electrons. The minimum absolute atomic E-state index is 0.0697. The first kappa shape index (κ1) is 123. The second-order valence-corrected chi connectivity index (χ2v) is 48.3. The van der Waals surface area contributed by atoms with Crippen molar-refractivity contribution in [2.45, 2.75) is 571 Å². The van der Waals surface area contributed by atoms with E-state index in [1.54, 1.807) is 0 Å². The molecule has 9 nitrogen and oxygen atoms in total. The van der Waals surface area contributed by atoms with E-state index in [0.29, 0.717) is 19.8 Å². The van der Waals surface area contributed by atoms with Gasteiger partial charge in [-0.2, -0.15) is 0 Å². The van der Waals surface area contributed by atoms with Crippen molar-refractivity contribution in [2.75, 3.05) is 19.8 Å². The Morgan fingerprint density at radius 2 is 0.446 bits per heavy atom. The second kappa shape index (κ2) is 75.1. The Labute approximate surface area is 861 Å². The Kier molecular flexibility index (Phi) is 66.4. The Balaban J connectivity index is 1.43. The quantitative estimate of drug-likeness (QED) is 0.0274.